The van der Waals surface area contributed by atoms with Gasteiger partial charge in [-0.2, -0.15) is 0 Å². The largest absolute Gasteiger partial charge is 1.00 e. The minimum absolute atomic E-state index is 0. The van der Waals surface area contributed by atoms with Crippen LogP contribution in [-0.4, -0.2) is 12.8 Å². The van der Waals surface area contributed by atoms with Gasteiger partial charge >= 0.3 is 0 Å². The SMILES string of the molecule is [I-].[NH3+]CCC=O. The van der Waals surface area contributed by atoms with Crippen LogP contribution in [0.2, 0.25) is 0 Å². The lowest BCUT2D eigenvalue weighted by atomic mass is 10.5. The van der Waals surface area contributed by atoms with Crippen molar-refractivity contribution >= 4 is 6.29 Å². The highest BCUT2D eigenvalue weighted by Gasteiger charge is 1.70. The van der Waals surface area contributed by atoms with Crippen LogP contribution in [0, 0.1) is 0 Å². The topological polar surface area (TPSA) is 44.7 Å². The first-order valence-electron chi connectivity index (χ1n) is 1.64. The third-order valence-corrected chi connectivity index (χ3v) is 0.322. The summed E-state index contributed by atoms with van der Waals surface area (Å²) in [6.07, 6.45) is 1.47. The van der Waals surface area contributed by atoms with E-state index in [1.165, 1.54) is 0 Å². The smallest absolute Gasteiger partial charge is 0.125 e. The Morgan fingerprint density at radius 1 is 1.67 bits per heavy atom. The molecule has 0 aromatic heterocycles. The predicted molar refractivity (Wildman–Crippen MR) is 18.4 cm³/mol. The Bertz CT molecular complexity index is 32.0. The number of aldehydes is 1. The van der Waals surface area contributed by atoms with Gasteiger partial charge in [0.05, 0.1) is 13.0 Å². The number of hydrogen-bond acceptors (Lipinski definition) is 1. The Hall–Kier alpha value is 0.360. The van der Waals surface area contributed by atoms with Gasteiger partial charge in [-0.25, -0.2) is 0 Å². The average Bonchev–Trinajstić information content (AvgIpc) is 1.41. The van der Waals surface area contributed by atoms with E-state index in [2.05, 4.69) is 5.73 Å². The van der Waals surface area contributed by atoms with Crippen LogP contribution >= 0.6 is 0 Å². The van der Waals surface area contributed by atoms with Gasteiger partial charge in [0, 0.05) is 0 Å². The standard InChI is InChI=1S/C3H7NO.HI/c4-2-1-3-5;/h3H,1-2,4H2;1H. The highest BCUT2D eigenvalue weighted by atomic mass is 127. The van der Waals surface area contributed by atoms with Crippen molar-refractivity contribution in [2.45, 2.75) is 6.42 Å². The monoisotopic (exact) mass is 201 g/mol. The van der Waals surface area contributed by atoms with E-state index in [4.69, 9.17) is 0 Å². The maximum absolute atomic E-state index is 9.36. The molecule has 0 fully saturated rings. The molecule has 0 atom stereocenters. The van der Waals surface area contributed by atoms with Crippen molar-refractivity contribution in [3.63, 3.8) is 0 Å². The molecule has 0 aliphatic heterocycles. The van der Waals surface area contributed by atoms with Gasteiger partial charge in [0.25, 0.3) is 0 Å². The van der Waals surface area contributed by atoms with Gasteiger partial charge in [-0.1, -0.05) is 0 Å². The molecule has 0 aliphatic rings. The molecule has 38 valence electrons. The Balaban J connectivity index is 0. The average molecular weight is 201 g/mol. The van der Waals surface area contributed by atoms with Crippen LogP contribution in [0.3, 0.4) is 0 Å². The molecule has 0 aromatic rings. The number of halogens is 1. The second-order valence-electron chi connectivity index (χ2n) is 0.809. The van der Waals surface area contributed by atoms with Gasteiger partial charge in [-0.3, -0.25) is 0 Å². The molecule has 0 saturated carbocycles. The molecule has 0 spiro atoms. The van der Waals surface area contributed by atoms with Gasteiger partial charge < -0.3 is 34.5 Å². The molecule has 0 saturated heterocycles. The fourth-order valence-electron chi connectivity index (χ4n) is 0.0833. The summed E-state index contributed by atoms with van der Waals surface area (Å²) in [4.78, 5) is 9.36. The summed E-state index contributed by atoms with van der Waals surface area (Å²) in [6.45, 7) is 0.726. The summed E-state index contributed by atoms with van der Waals surface area (Å²) in [5.41, 5.74) is 3.44. The molecule has 3 N–H and O–H groups in total. The molecule has 0 aromatic carbocycles. The maximum atomic E-state index is 9.36. The van der Waals surface area contributed by atoms with Gasteiger partial charge in [0.2, 0.25) is 0 Å². The first kappa shape index (κ1) is 9.61. The quantitative estimate of drug-likeness (QED) is 0.357. The van der Waals surface area contributed by atoms with E-state index in [0.717, 1.165) is 12.8 Å². The van der Waals surface area contributed by atoms with E-state index in [-0.39, 0.29) is 24.0 Å². The lowest BCUT2D eigenvalue weighted by Gasteiger charge is -1.67. The van der Waals surface area contributed by atoms with Gasteiger partial charge in [-0.05, 0) is 0 Å². The third kappa shape index (κ3) is 8.84. The summed E-state index contributed by atoms with van der Waals surface area (Å²) >= 11 is 0. The van der Waals surface area contributed by atoms with E-state index in [0.29, 0.717) is 6.42 Å². The number of rotatable bonds is 2. The van der Waals surface area contributed by atoms with Crippen LogP contribution in [-0.2, 0) is 4.79 Å². The third-order valence-electron chi connectivity index (χ3n) is 0.322. The van der Waals surface area contributed by atoms with Crippen LogP contribution in [0.25, 0.3) is 0 Å². The van der Waals surface area contributed by atoms with Crippen molar-refractivity contribution in [3.05, 3.63) is 0 Å². The zero-order chi connectivity index (χ0) is 4.12. The molecular weight excluding hydrogens is 193 g/mol. The second-order valence-corrected chi connectivity index (χ2v) is 0.809. The van der Waals surface area contributed by atoms with Crippen LogP contribution in [0.15, 0.2) is 0 Å². The number of carbonyl (C=O) groups is 1. The van der Waals surface area contributed by atoms with Crippen LogP contribution < -0.4 is 29.7 Å². The highest BCUT2D eigenvalue weighted by Crippen LogP contribution is 1.52. The van der Waals surface area contributed by atoms with Gasteiger partial charge in [0.1, 0.15) is 6.29 Å². The fraction of sp³-hybridized carbons (Fsp3) is 0.667. The van der Waals surface area contributed by atoms with Gasteiger partial charge in [-0.15, -0.1) is 0 Å². The van der Waals surface area contributed by atoms with E-state index in [1.807, 2.05) is 0 Å². The maximum Gasteiger partial charge on any atom is 0.125 e. The molecule has 0 rings (SSSR count). The molecule has 3 heteroatoms. The van der Waals surface area contributed by atoms with E-state index < -0.39 is 0 Å². The molecule has 0 bridgehead atoms. The predicted octanol–water partition coefficient (Wildman–Crippen LogP) is -4.18. The Kier molecular flexibility index (Phi) is 14.5. The summed E-state index contributed by atoms with van der Waals surface area (Å²) in [5.74, 6) is 0. The zero-order valence-corrected chi connectivity index (χ0v) is 5.64. The Morgan fingerprint density at radius 3 is 2.17 bits per heavy atom. The van der Waals surface area contributed by atoms with Gasteiger partial charge in [0.15, 0.2) is 0 Å². The van der Waals surface area contributed by atoms with Crippen molar-refractivity contribution < 1.29 is 34.5 Å². The zero-order valence-electron chi connectivity index (χ0n) is 3.48. The van der Waals surface area contributed by atoms with Crippen molar-refractivity contribution in [2.24, 2.45) is 0 Å². The summed E-state index contributed by atoms with van der Waals surface area (Å²) in [5, 5.41) is 0. The minimum atomic E-state index is 0. The van der Waals surface area contributed by atoms with Crippen LogP contribution in [0.4, 0.5) is 0 Å². The molecule has 0 unspecified atom stereocenters. The molecule has 0 amide bonds. The van der Waals surface area contributed by atoms with Crippen LogP contribution in [0.5, 0.6) is 0 Å². The lowest BCUT2D eigenvalue weighted by molar-refractivity contribution is -0.365. The Morgan fingerprint density at radius 2 is 2.17 bits per heavy atom. The normalized spacial score (nSPS) is 6.17. The molecule has 2 nitrogen and oxygen atoms in total. The number of quaternary nitrogens is 1. The molecule has 0 radical (unpaired) electrons. The molecule has 0 aliphatic carbocycles. The van der Waals surface area contributed by atoms with Crippen LogP contribution in [0.1, 0.15) is 6.42 Å². The van der Waals surface area contributed by atoms with E-state index in [9.17, 15) is 4.79 Å². The fourth-order valence-corrected chi connectivity index (χ4v) is 0.0833. The first-order chi connectivity index (χ1) is 2.41. The molecule has 0 heterocycles. The van der Waals surface area contributed by atoms with E-state index in [1.54, 1.807) is 0 Å². The lowest BCUT2D eigenvalue weighted by Crippen LogP contribution is -3.00. The Labute approximate surface area is 54.1 Å². The van der Waals surface area contributed by atoms with Crippen molar-refractivity contribution in [3.8, 4) is 0 Å². The van der Waals surface area contributed by atoms with Crippen molar-refractivity contribution in [1.82, 2.24) is 0 Å². The summed E-state index contributed by atoms with van der Waals surface area (Å²) in [7, 11) is 0. The number of hydrogen-bond donors (Lipinski definition) is 1. The molecule has 6 heavy (non-hydrogen) atoms. The van der Waals surface area contributed by atoms with Crippen molar-refractivity contribution in [2.75, 3.05) is 6.54 Å². The summed E-state index contributed by atoms with van der Waals surface area (Å²) < 4.78 is 0. The molecular formula is C3H8INO. The first-order valence-corrected chi connectivity index (χ1v) is 1.64. The van der Waals surface area contributed by atoms with E-state index >= 15 is 0 Å². The minimum Gasteiger partial charge on any atom is -1.00 e. The summed E-state index contributed by atoms with van der Waals surface area (Å²) in [6, 6.07) is 0. The van der Waals surface area contributed by atoms with Crippen molar-refractivity contribution in [1.29, 1.82) is 0 Å². The highest BCUT2D eigenvalue weighted by molar-refractivity contribution is 5.48. The second kappa shape index (κ2) is 9.03. The number of carbonyl (C=O) groups excluding carboxylic acids is 1.